The lowest BCUT2D eigenvalue weighted by Crippen LogP contribution is -2.34. The van der Waals surface area contributed by atoms with E-state index in [4.69, 9.17) is 0 Å². The fourth-order valence-corrected chi connectivity index (χ4v) is 4.69. The molecule has 1 aromatic rings. The zero-order valence-electron chi connectivity index (χ0n) is 13.0. The van der Waals surface area contributed by atoms with Crippen molar-refractivity contribution in [2.24, 2.45) is 5.41 Å². The minimum Gasteiger partial charge on any atom is -0.392 e. The lowest BCUT2D eigenvalue weighted by atomic mass is 9.92. The highest BCUT2D eigenvalue weighted by molar-refractivity contribution is 7.89. The molecule has 21 heavy (non-hydrogen) atoms. The predicted molar refractivity (Wildman–Crippen MR) is 83.5 cm³/mol. The van der Waals surface area contributed by atoms with Crippen molar-refractivity contribution >= 4 is 10.0 Å². The molecule has 0 bridgehead atoms. The highest BCUT2D eigenvalue weighted by atomic mass is 32.2. The minimum absolute atomic E-state index is 0.00693. The number of benzene rings is 1. The summed E-state index contributed by atoms with van der Waals surface area (Å²) in [6.45, 7) is 6.13. The number of hydrogen-bond donors (Lipinski definition) is 2. The van der Waals surface area contributed by atoms with Crippen LogP contribution in [-0.2, 0) is 23.1 Å². The number of sulfonamides is 1. The molecule has 0 saturated heterocycles. The van der Waals surface area contributed by atoms with Crippen molar-refractivity contribution in [3.8, 4) is 0 Å². The Hall–Kier alpha value is -0.910. The van der Waals surface area contributed by atoms with Crippen LogP contribution >= 0.6 is 0 Å². The van der Waals surface area contributed by atoms with Gasteiger partial charge >= 0.3 is 0 Å². The van der Waals surface area contributed by atoms with Gasteiger partial charge in [-0.05, 0) is 48.3 Å². The highest BCUT2D eigenvalue weighted by Gasteiger charge is 2.34. The van der Waals surface area contributed by atoms with Gasteiger partial charge in [0.1, 0.15) is 0 Å². The van der Waals surface area contributed by atoms with E-state index in [2.05, 4.69) is 18.6 Å². The zero-order valence-corrected chi connectivity index (χ0v) is 13.8. The molecule has 0 aromatic heterocycles. The SMILES string of the molecule is CCc1ccc(CO)cc1S(=O)(=O)NC1CCC(C)(C)C1. The molecule has 0 amide bonds. The number of nitrogens with one attached hydrogen (secondary N) is 1. The van der Waals surface area contributed by atoms with E-state index in [-0.39, 0.29) is 18.1 Å². The summed E-state index contributed by atoms with van der Waals surface area (Å²) in [7, 11) is -3.53. The van der Waals surface area contributed by atoms with Crippen LogP contribution in [0.1, 0.15) is 51.2 Å². The molecule has 0 aliphatic heterocycles. The van der Waals surface area contributed by atoms with Gasteiger partial charge in [-0.25, -0.2) is 13.1 Å². The molecule has 1 saturated carbocycles. The van der Waals surface area contributed by atoms with Gasteiger partial charge in [0.05, 0.1) is 11.5 Å². The molecule has 1 aliphatic rings. The first kappa shape index (κ1) is 16.5. The summed E-state index contributed by atoms with van der Waals surface area (Å²) in [6.07, 6.45) is 3.44. The van der Waals surface area contributed by atoms with Crippen LogP contribution in [0.4, 0.5) is 0 Å². The summed E-state index contributed by atoms with van der Waals surface area (Å²) < 4.78 is 28.2. The summed E-state index contributed by atoms with van der Waals surface area (Å²) in [5.74, 6) is 0. The number of aliphatic hydroxyl groups is 1. The lowest BCUT2D eigenvalue weighted by molar-refractivity contribution is 0.281. The average Bonchev–Trinajstić information content (AvgIpc) is 2.76. The largest absolute Gasteiger partial charge is 0.392 e. The van der Waals surface area contributed by atoms with E-state index in [9.17, 15) is 13.5 Å². The Labute approximate surface area is 127 Å². The van der Waals surface area contributed by atoms with Gasteiger partial charge in [-0.3, -0.25) is 0 Å². The van der Waals surface area contributed by atoms with Crippen LogP contribution in [0.2, 0.25) is 0 Å². The smallest absolute Gasteiger partial charge is 0.241 e. The van der Waals surface area contributed by atoms with Gasteiger partial charge in [0, 0.05) is 6.04 Å². The van der Waals surface area contributed by atoms with Gasteiger partial charge in [0.2, 0.25) is 10.0 Å². The molecule has 1 aromatic carbocycles. The topological polar surface area (TPSA) is 66.4 Å². The van der Waals surface area contributed by atoms with Crippen LogP contribution in [0.3, 0.4) is 0 Å². The maximum atomic E-state index is 12.7. The third kappa shape index (κ3) is 3.84. The van der Waals surface area contributed by atoms with Gasteiger partial charge in [0.15, 0.2) is 0 Å². The van der Waals surface area contributed by atoms with Gasteiger partial charge in [-0.1, -0.05) is 32.9 Å². The summed E-state index contributed by atoms with van der Waals surface area (Å²) in [4.78, 5) is 0.307. The maximum absolute atomic E-state index is 12.7. The molecule has 0 radical (unpaired) electrons. The normalized spacial score (nSPS) is 21.6. The Kier molecular flexibility index (Phi) is 4.76. The molecule has 0 spiro atoms. The lowest BCUT2D eigenvalue weighted by Gasteiger charge is -2.19. The van der Waals surface area contributed by atoms with Crippen molar-refractivity contribution < 1.29 is 13.5 Å². The van der Waals surface area contributed by atoms with E-state index in [0.717, 1.165) is 24.8 Å². The summed E-state index contributed by atoms with van der Waals surface area (Å²) in [5, 5.41) is 9.23. The van der Waals surface area contributed by atoms with Crippen molar-refractivity contribution in [1.29, 1.82) is 0 Å². The number of aryl methyl sites for hydroxylation is 1. The number of rotatable bonds is 5. The molecule has 2 N–H and O–H groups in total. The van der Waals surface area contributed by atoms with Crippen LogP contribution < -0.4 is 4.72 Å². The van der Waals surface area contributed by atoms with Crippen molar-refractivity contribution in [3.63, 3.8) is 0 Å². The maximum Gasteiger partial charge on any atom is 0.241 e. The molecular weight excluding hydrogens is 286 g/mol. The van der Waals surface area contributed by atoms with E-state index in [1.807, 2.05) is 6.92 Å². The molecule has 1 fully saturated rings. The molecule has 2 rings (SSSR count). The molecule has 0 heterocycles. The molecular formula is C16H25NO3S. The Morgan fingerprint density at radius 3 is 2.62 bits per heavy atom. The fourth-order valence-electron chi connectivity index (χ4n) is 3.06. The Bertz CT molecular complexity index is 608. The Morgan fingerprint density at radius 2 is 2.10 bits per heavy atom. The number of aliphatic hydroxyl groups excluding tert-OH is 1. The van der Waals surface area contributed by atoms with Crippen molar-refractivity contribution in [2.75, 3.05) is 0 Å². The predicted octanol–water partition coefficient (Wildman–Crippen LogP) is 2.60. The average molecular weight is 311 g/mol. The molecule has 1 unspecified atom stereocenters. The summed E-state index contributed by atoms with van der Waals surface area (Å²) in [6, 6.07) is 5.16. The van der Waals surface area contributed by atoms with E-state index in [1.54, 1.807) is 18.2 Å². The second kappa shape index (κ2) is 6.07. The Balaban J connectivity index is 2.27. The quantitative estimate of drug-likeness (QED) is 0.878. The van der Waals surface area contributed by atoms with Crippen molar-refractivity contribution in [3.05, 3.63) is 29.3 Å². The first-order valence-corrected chi connectivity index (χ1v) is 9.01. The second-order valence-corrected chi connectivity index (χ2v) is 8.36. The third-order valence-corrected chi connectivity index (χ3v) is 5.88. The van der Waals surface area contributed by atoms with Crippen LogP contribution in [0.5, 0.6) is 0 Å². The van der Waals surface area contributed by atoms with Gasteiger partial charge in [0.25, 0.3) is 0 Å². The first-order chi connectivity index (χ1) is 9.77. The van der Waals surface area contributed by atoms with E-state index in [0.29, 0.717) is 16.9 Å². The molecule has 4 nitrogen and oxygen atoms in total. The minimum atomic E-state index is -3.53. The van der Waals surface area contributed by atoms with E-state index >= 15 is 0 Å². The molecule has 1 atom stereocenters. The van der Waals surface area contributed by atoms with Crippen LogP contribution in [0.15, 0.2) is 23.1 Å². The van der Waals surface area contributed by atoms with Crippen LogP contribution in [0, 0.1) is 5.41 Å². The third-order valence-electron chi connectivity index (χ3n) is 4.27. The zero-order chi connectivity index (χ0) is 15.7. The second-order valence-electron chi connectivity index (χ2n) is 6.68. The van der Waals surface area contributed by atoms with Gasteiger partial charge in [-0.15, -0.1) is 0 Å². The van der Waals surface area contributed by atoms with Gasteiger partial charge in [-0.2, -0.15) is 0 Å². The Morgan fingerprint density at radius 1 is 1.38 bits per heavy atom. The van der Waals surface area contributed by atoms with Crippen molar-refractivity contribution in [2.45, 2.75) is 64.0 Å². The summed E-state index contributed by atoms with van der Waals surface area (Å²) >= 11 is 0. The fraction of sp³-hybridized carbons (Fsp3) is 0.625. The van der Waals surface area contributed by atoms with Crippen LogP contribution in [0.25, 0.3) is 0 Å². The van der Waals surface area contributed by atoms with Crippen LogP contribution in [-0.4, -0.2) is 19.6 Å². The highest BCUT2D eigenvalue weighted by Crippen LogP contribution is 2.37. The van der Waals surface area contributed by atoms with E-state index in [1.165, 1.54) is 0 Å². The first-order valence-electron chi connectivity index (χ1n) is 7.52. The standard InChI is InChI=1S/C16H25NO3S/c1-4-13-6-5-12(11-18)9-15(13)21(19,20)17-14-7-8-16(2,3)10-14/h5-6,9,14,17-18H,4,7-8,10-11H2,1-3H3. The molecule has 1 aliphatic carbocycles. The molecule has 118 valence electrons. The monoisotopic (exact) mass is 311 g/mol. The number of hydrogen-bond acceptors (Lipinski definition) is 3. The summed E-state index contributed by atoms with van der Waals surface area (Å²) in [5.41, 5.74) is 1.62. The van der Waals surface area contributed by atoms with Crippen molar-refractivity contribution in [1.82, 2.24) is 4.72 Å². The van der Waals surface area contributed by atoms with E-state index < -0.39 is 10.0 Å². The van der Waals surface area contributed by atoms with Gasteiger partial charge < -0.3 is 5.11 Å². The molecule has 5 heteroatoms.